The van der Waals surface area contributed by atoms with Crippen molar-refractivity contribution in [2.75, 3.05) is 7.05 Å². The molecule has 0 spiro atoms. The Bertz CT molecular complexity index is 446. The van der Waals surface area contributed by atoms with E-state index in [2.05, 4.69) is 0 Å². The average Bonchev–Trinajstić information content (AvgIpc) is 2.96. The van der Waals surface area contributed by atoms with E-state index in [0.717, 1.165) is 25.7 Å². The van der Waals surface area contributed by atoms with Gasteiger partial charge in [-0.25, -0.2) is 0 Å². The number of nitrogens with zero attached hydrogens (tertiary/aromatic N) is 1. The molecule has 5 nitrogen and oxygen atoms in total. The van der Waals surface area contributed by atoms with Crippen molar-refractivity contribution in [3.8, 4) is 0 Å². The van der Waals surface area contributed by atoms with Crippen LogP contribution >= 0.6 is 0 Å². The number of hydrogen-bond donors (Lipinski definition) is 1. The molecule has 0 aliphatic heterocycles. The molecule has 1 amide bonds. The normalized spacial score (nSPS) is 15.8. The van der Waals surface area contributed by atoms with Crippen LogP contribution in [0.3, 0.4) is 0 Å². The fourth-order valence-corrected chi connectivity index (χ4v) is 2.45. The van der Waals surface area contributed by atoms with Gasteiger partial charge in [0.05, 0.1) is 11.8 Å². The van der Waals surface area contributed by atoms with Crippen LogP contribution in [0.4, 0.5) is 0 Å². The molecule has 1 fully saturated rings. The summed E-state index contributed by atoms with van der Waals surface area (Å²) >= 11 is 0. The maximum atomic E-state index is 12.3. The summed E-state index contributed by atoms with van der Waals surface area (Å²) in [5.74, 6) is -0.910. The summed E-state index contributed by atoms with van der Waals surface area (Å²) in [4.78, 5) is 24.7. The highest BCUT2D eigenvalue weighted by Gasteiger charge is 2.27. The average molecular weight is 251 g/mol. The van der Waals surface area contributed by atoms with Gasteiger partial charge < -0.3 is 14.4 Å². The van der Waals surface area contributed by atoms with Crippen molar-refractivity contribution in [3.63, 3.8) is 0 Å². The minimum absolute atomic E-state index is 0.146. The molecule has 1 aromatic rings. The van der Waals surface area contributed by atoms with Crippen molar-refractivity contribution < 1.29 is 19.1 Å². The molecule has 2 rings (SSSR count). The summed E-state index contributed by atoms with van der Waals surface area (Å²) in [5, 5.41) is 8.76. The molecule has 0 radical (unpaired) electrons. The van der Waals surface area contributed by atoms with Crippen molar-refractivity contribution in [3.05, 3.63) is 23.7 Å². The first kappa shape index (κ1) is 12.7. The van der Waals surface area contributed by atoms with Gasteiger partial charge >= 0.3 is 5.97 Å². The molecule has 18 heavy (non-hydrogen) atoms. The molecule has 1 saturated carbocycles. The summed E-state index contributed by atoms with van der Waals surface area (Å²) < 4.78 is 5.08. The van der Waals surface area contributed by atoms with Gasteiger partial charge in [0, 0.05) is 13.1 Å². The van der Waals surface area contributed by atoms with Crippen molar-refractivity contribution >= 4 is 11.9 Å². The number of hydrogen-bond acceptors (Lipinski definition) is 3. The van der Waals surface area contributed by atoms with Crippen LogP contribution in [0.25, 0.3) is 0 Å². The van der Waals surface area contributed by atoms with Crippen LogP contribution in [0.2, 0.25) is 0 Å². The topological polar surface area (TPSA) is 70.8 Å². The fraction of sp³-hybridized carbons (Fsp3) is 0.538. The number of furan rings is 1. The van der Waals surface area contributed by atoms with Crippen LogP contribution in [0.15, 0.2) is 16.7 Å². The number of carboxylic acid groups (broad SMARTS) is 1. The van der Waals surface area contributed by atoms with Crippen molar-refractivity contribution in [1.82, 2.24) is 4.90 Å². The van der Waals surface area contributed by atoms with Gasteiger partial charge in [0.15, 0.2) is 0 Å². The Morgan fingerprint density at radius 3 is 2.72 bits per heavy atom. The lowest BCUT2D eigenvalue weighted by molar-refractivity contribution is -0.136. The quantitative estimate of drug-likeness (QED) is 0.887. The van der Waals surface area contributed by atoms with Gasteiger partial charge in [-0.05, 0) is 18.9 Å². The Hall–Kier alpha value is -1.78. The Morgan fingerprint density at radius 2 is 2.11 bits per heavy atom. The SMILES string of the molecule is CN(C(=O)c1ccoc1CC(=O)O)C1CCCC1. The Balaban J connectivity index is 2.12. The van der Waals surface area contributed by atoms with Crippen LogP contribution in [0, 0.1) is 0 Å². The predicted molar refractivity (Wildman–Crippen MR) is 64.4 cm³/mol. The monoisotopic (exact) mass is 251 g/mol. The van der Waals surface area contributed by atoms with E-state index in [1.165, 1.54) is 6.26 Å². The lowest BCUT2D eigenvalue weighted by atomic mass is 10.1. The molecule has 0 aromatic carbocycles. The summed E-state index contributed by atoms with van der Waals surface area (Å²) in [6, 6.07) is 1.82. The largest absolute Gasteiger partial charge is 0.481 e. The lowest BCUT2D eigenvalue weighted by Crippen LogP contribution is -2.35. The first-order valence-electron chi connectivity index (χ1n) is 6.15. The maximum Gasteiger partial charge on any atom is 0.311 e. The van der Waals surface area contributed by atoms with Gasteiger partial charge in [0.25, 0.3) is 5.91 Å². The number of aliphatic carboxylic acids is 1. The highest BCUT2D eigenvalue weighted by molar-refractivity contribution is 5.96. The van der Waals surface area contributed by atoms with E-state index >= 15 is 0 Å². The zero-order valence-electron chi connectivity index (χ0n) is 10.4. The minimum Gasteiger partial charge on any atom is -0.481 e. The Kier molecular flexibility index (Phi) is 3.69. The van der Waals surface area contributed by atoms with Crippen LogP contribution in [0.1, 0.15) is 41.8 Å². The molecular formula is C13H17NO4. The van der Waals surface area contributed by atoms with Gasteiger partial charge in [-0.1, -0.05) is 12.8 Å². The molecule has 0 saturated heterocycles. The van der Waals surface area contributed by atoms with E-state index < -0.39 is 5.97 Å². The van der Waals surface area contributed by atoms with Gasteiger partial charge in [-0.15, -0.1) is 0 Å². The molecule has 5 heteroatoms. The van der Waals surface area contributed by atoms with E-state index in [9.17, 15) is 9.59 Å². The van der Waals surface area contributed by atoms with Gasteiger partial charge in [-0.2, -0.15) is 0 Å². The first-order chi connectivity index (χ1) is 8.59. The second kappa shape index (κ2) is 5.25. The van der Waals surface area contributed by atoms with E-state index in [1.54, 1.807) is 18.0 Å². The van der Waals surface area contributed by atoms with E-state index in [4.69, 9.17) is 9.52 Å². The molecule has 1 heterocycles. The molecule has 0 unspecified atom stereocenters. The second-order valence-electron chi connectivity index (χ2n) is 4.68. The second-order valence-corrected chi connectivity index (χ2v) is 4.68. The molecule has 98 valence electrons. The van der Waals surface area contributed by atoms with E-state index in [0.29, 0.717) is 5.56 Å². The zero-order valence-corrected chi connectivity index (χ0v) is 10.4. The predicted octanol–water partition coefficient (Wildman–Crippen LogP) is 1.92. The van der Waals surface area contributed by atoms with Gasteiger partial charge in [-0.3, -0.25) is 9.59 Å². The van der Waals surface area contributed by atoms with E-state index in [-0.39, 0.29) is 24.1 Å². The number of carboxylic acids is 1. The van der Waals surface area contributed by atoms with Gasteiger partial charge in [0.2, 0.25) is 0 Å². The number of carbonyl (C=O) groups excluding carboxylic acids is 1. The van der Waals surface area contributed by atoms with Crippen molar-refractivity contribution in [1.29, 1.82) is 0 Å². The van der Waals surface area contributed by atoms with Crippen LogP contribution < -0.4 is 0 Å². The summed E-state index contributed by atoms with van der Waals surface area (Å²) in [5.41, 5.74) is 0.367. The Morgan fingerprint density at radius 1 is 1.44 bits per heavy atom. The molecule has 1 aliphatic carbocycles. The maximum absolute atomic E-state index is 12.3. The van der Waals surface area contributed by atoms with Crippen molar-refractivity contribution in [2.24, 2.45) is 0 Å². The molecule has 1 N–H and O–H groups in total. The summed E-state index contributed by atoms with van der Waals surface area (Å²) in [6.45, 7) is 0. The first-order valence-corrected chi connectivity index (χ1v) is 6.15. The molecule has 1 aromatic heterocycles. The highest BCUT2D eigenvalue weighted by atomic mass is 16.4. The van der Waals surface area contributed by atoms with Crippen LogP contribution in [0.5, 0.6) is 0 Å². The number of amides is 1. The number of carbonyl (C=O) groups is 2. The lowest BCUT2D eigenvalue weighted by Gasteiger charge is -2.24. The van der Waals surface area contributed by atoms with Crippen LogP contribution in [-0.2, 0) is 11.2 Å². The molecule has 1 aliphatic rings. The standard InChI is InChI=1S/C13H17NO4/c1-14(9-4-2-3-5-9)13(17)10-6-7-18-11(10)8-12(15)16/h6-7,9H,2-5,8H2,1H3,(H,15,16). The summed E-state index contributed by atoms with van der Waals surface area (Å²) in [7, 11) is 1.77. The highest BCUT2D eigenvalue weighted by Crippen LogP contribution is 2.24. The van der Waals surface area contributed by atoms with Crippen LogP contribution in [-0.4, -0.2) is 35.0 Å². The Labute approximate surface area is 105 Å². The number of rotatable bonds is 4. The molecular weight excluding hydrogens is 234 g/mol. The van der Waals surface area contributed by atoms with E-state index in [1.807, 2.05) is 0 Å². The molecule has 0 atom stereocenters. The third kappa shape index (κ3) is 2.55. The van der Waals surface area contributed by atoms with Gasteiger partial charge in [0.1, 0.15) is 12.2 Å². The smallest absolute Gasteiger partial charge is 0.311 e. The third-order valence-corrected chi connectivity index (χ3v) is 3.48. The molecule has 0 bridgehead atoms. The minimum atomic E-state index is -0.998. The third-order valence-electron chi connectivity index (χ3n) is 3.48. The van der Waals surface area contributed by atoms with Crippen molar-refractivity contribution in [2.45, 2.75) is 38.1 Å². The fourth-order valence-electron chi connectivity index (χ4n) is 2.45. The zero-order chi connectivity index (χ0) is 13.1. The summed E-state index contributed by atoms with van der Waals surface area (Å²) in [6.07, 6.45) is 5.45.